The Hall–Kier alpha value is -0.730. The lowest BCUT2D eigenvalue weighted by molar-refractivity contribution is -0.121. The van der Waals surface area contributed by atoms with Crippen LogP contribution in [-0.2, 0) is 4.79 Å². The summed E-state index contributed by atoms with van der Waals surface area (Å²) in [6, 6.07) is 5.55. The second-order valence-corrected chi connectivity index (χ2v) is 4.49. The molecule has 0 heterocycles. The molecule has 0 aromatic heterocycles. The molecular weight excluding hydrogens is 233 g/mol. The average molecular weight is 244 g/mol. The van der Waals surface area contributed by atoms with Crippen molar-refractivity contribution in [1.29, 1.82) is 0 Å². The summed E-state index contributed by atoms with van der Waals surface area (Å²) < 4.78 is 0. The highest BCUT2D eigenvalue weighted by molar-refractivity contribution is 6.42. The summed E-state index contributed by atoms with van der Waals surface area (Å²) in [5, 5.41) is 3.78. The molecule has 0 radical (unpaired) electrons. The van der Waals surface area contributed by atoms with Crippen LogP contribution in [0.4, 0.5) is 0 Å². The van der Waals surface area contributed by atoms with E-state index < -0.39 is 0 Å². The van der Waals surface area contributed by atoms with E-state index in [9.17, 15) is 4.79 Å². The van der Waals surface area contributed by atoms with Gasteiger partial charge in [-0.1, -0.05) is 35.3 Å². The molecule has 1 amide bonds. The molecule has 0 saturated heterocycles. The van der Waals surface area contributed by atoms with Crippen LogP contribution in [0.1, 0.15) is 17.9 Å². The van der Waals surface area contributed by atoms with Gasteiger partial charge in [0, 0.05) is 13.0 Å². The second kappa shape index (κ2) is 4.03. The molecule has 2 rings (SSSR count). The van der Waals surface area contributed by atoms with E-state index in [0.29, 0.717) is 10.0 Å². The molecule has 2 atom stereocenters. The monoisotopic (exact) mass is 243 g/mol. The predicted molar refractivity (Wildman–Crippen MR) is 61.4 cm³/mol. The fourth-order valence-electron chi connectivity index (χ4n) is 1.82. The molecule has 1 N–H and O–H groups in total. The number of hydrogen-bond acceptors (Lipinski definition) is 1. The maximum Gasteiger partial charge on any atom is 0.223 e. The van der Waals surface area contributed by atoms with Crippen LogP contribution in [0.15, 0.2) is 18.2 Å². The quantitative estimate of drug-likeness (QED) is 0.851. The van der Waals surface area contributed by atoms with E-state index in [1.807, 2.05) is 12.1 Å². The molecule has 1 aromatic rings. The smallest absolute Gasteiger partial charge is 0.223 e. The zero-order chi connectivity index (χ0) is 11.0. The number of nitrogens with one attached hydrogen (secondary N) is 1. The van der Waals surface area contributed by atoms with E-state index in [1.165, 1.54) is 0 Å². The van der Waals surface area contributed by atoms with Crippen molar-refractivity contribution in [1.82, 2.24) is 5.32 Å². The number of carbonyl (C=O) groups is 1. The van der Waals surface area contributed by atoms with Crippen LogP contribution in [0, 0.1) is 5.92 Å². The van der Waals surface area contributed by atoms with E-state index in [-0.39, 0.29) is 17.7 Å². The third kappa shape index (κ3) is 1.97. The van der Waals surface area contributed by atoms with Crippen molar-refractivity contribution < 1.29 is 4.79 Å². The maximum absolute atomic E-state index is 11.4. The van der Waals surface area contributed by atoms with Crippen LogP contribution in [0.25, 0.3) is 0 Å². The normalized spacial score (nSPS) is 23.7. The third-order valence-corrected chi connectivity index (χ3v) is 3.59. The van der Waals surface area contributed by atoms with Gasteiger partial charge in [0.1, 0.15) is 0 Å². The maximum atomic E-state index is 11.4. The lowest BCUT2D eigenvalue weighted by atomic mass is 10.1. The van der Waals surface area contributed by atoms with E-state index in [2.05, 4.69) is 5.32 Å². The SMILES string of the molecule is CNC(=O)[C@H]1C[C@H]1c1cccc(Cl)c1Cl. The highest BCUT2D eigenvalue weighted by Gasteiger charge is 2.44. The van der Waals surface area contributed by atoms with E-state index in [0.717, 1.165) is 12.0 Å². The standard InChI is InChI=1S/C11H11Cl2NO/c1-14-11(15)8-5-7(8)6-3-2-4-9(12)10(6)13/h2-4,7-8H,5H2,1H3,(H,14,15)/t7-,8-/m0/s1. The van der Waals surface area contributed by atoms with Gasteiger partial charge in [-0.2, -0.15) is 0 Å². The first-order valence-corrected chi connectivity index (χ1v) is 5.56. The lowest BCUT2D eigenvalue weighted by Crippen LogP contribution is -2.20. The Balaban J connectivity index is 2.20. The number of carbonyl (C=O) groups excluding carboxylic acids is 1. The average Bonchev–Trinajstić information content (AvgIpc) is 3.01. The summed E-state index contributed by atoms with van der Waals surface area (Å²) in [6.45, 7) is 0. The second-order valence-electron chi connectivity index (χ2n) is 3.71. The highest BCUT2D eigenvalue weighted by atomic mass is 35.5. The molecule has 0 spiro atoms. The molecule has 0 unspecified atom stereocenters. The molecule has 1 fully saturated rings. The van der Waals surface area contributed by atoms with Crippen LogP contribution >= 0.6 is 23.2 Å². The molecule has 0 aliphatic heterocycles. The van der Waals surface area contributed by atoms with Crippen molar-refractivity contribution in [2.75, 3.05) is 7.05 Å². The van der Waals surface area contributed by atoms with Gasteiger partial charge in [0.25, 0.3) is 0 Å². The molecule has 1 saturated carbocycles. The first kappa shape index (κ1) is 10.8. The van der Waals surface area contributed by atoms with Crippen LogP contribution < -0.4 is 5.32 Å². The first-order valence-electron chi connectivity index (χ1n) is 4.80. The molecule has 15 heavy (non-hydrogen) atoms. The summed E-state index contributed by atoms with van der Waals surface area (Å²) in [5.74, 6) is 0.373. The van der Waals surface area contributed by atoms with Crippen LogP contribution in [0.5, 0.6) is 0 Å². The van der Waals surface area contributed by atoms with Gasteiger partial charge in [0.15, 0.2) is 0 Å². The van der Waals surface area contributed by atoms with E-state index in [4.69, 9.17) is 23.2 Å². The highest BCUT2D eigenvalue weighted by Crippen LogP contribution is 2.50. The fourth-order valence-corrected chi connectivity index (χ4v) is 2.27. The summed E-state index contributed by atoms with van der Waals surface area (Å²) in [7, 11) is 1.65. The van der Waals surface area contributed by atoms with Crippen LogP contribution in [0.2, 0.25) is 10.0 Å². The molecule has 4 heteroatoms. The molecule has 2 nitrogen and oxygen atoms in total. The van der Waals surface area contributed by atoms with Crippen LogP contribution in [-0.4, -0.2) is 13.0 Å². The number of hydrogen-bond donors (Lipinski definition) is 1. The molecular formula is C11H11Cl2NO. The Labute approximate surface area is 98.6 Å². The van der Waals surface area contributed by atoms with Crippen molar-refractivity contribution in [2.24, 2.45) is 5.92 Å². The Morgan fingerprint density at radius 3 is 2.87 bits per heavy atom. The summed E-state index contributed by atoms with van der Waals surface area (Å²) in [6.07, 6.45) is 0.861. The zero-order valence-corrected chi connectivity index (χ0v) is 9.77. The lowest BCUT2D eigenvalue weighted by Gasteiger charge is -2.04. The number of benzene rings is 1. The minimum atomic E-state index is 0.0611. The summed E-state index contributed by atoms with van der Waals surface area (Å²) in [5.41, 5.74) is 0.984. The third-order valence-electron chi connectivity index (χ3n) is 2.75. The van der Waals surface area contributed by atoms with Gasteiger partial charge in [-0.05, 0) is 24.0 Å². The number of rotatable bonds is 2. The molecule has 1 aliphatic carbocycles. The van der Waals surface area contributed by atoms with Crippen molar-refractivity contribution in [3.8, 4) is 0 Å². The van der Waals surface area contributed by atoms with Gasteiger partial charge in [-0.15, -0.1) is 0 Å². The Morgan fingerprint density at radius 1 is 1.47 bits per heavy atom. The van der Waals surface area contributed by atoms with E-state index >= 15 is 0 Å². The van der Waals surface area contributed by atoms with Gasteiger partial charge in [0.2, 0.25) is 5.91 Å². The first-order chi connectivity index (χ1) is 7.15. The Morgan fingerprint density at radius 2 is 2.20 bits per heavy atom. The van der Waals surface area contributed by atoms with E-state index in [1.54, 1.807) is 13.1 Å². The van der Waals surface area contributed by atoms with Gasteiger partial charge in [0.05, 0.1) is 10.0 Å². The minimum Gasteiger partial charge on any atom is -0.359 e. The fraction of sp³-hybridized carbons (Fsp3) is 0.364. The largest absolute Gasteiger partial charge is 0.359 e. The van der Waals surface area contributed by atoms with Crippen molar-refractivity contribution in [3.05, 3.63) is 33.8 Å². The van der Waals surface area contributed by atoms with Crippen LogP contribution in [0.3, 0.4) is 0 Å². The Kier molecular flexibility index (Phi) is 2.89. The van der Waals surface area contributed by atoms with Gasteiger partial charge in [-0.3, -0.25) is 4.79 Å². The molecule has 80 valence electrons. The molecule has 1 aliphatic rings. The zero-order valence-electron chi connectivity index (χ0n) is 8.26. The summed E-state index contributed by atoms with van der Waals surface area (Å²) in [4.78, 5) is 11.4. The predicted octanol–water partition coefficient (Wildman–Crippen LogP) is 2.84. The van der Waals surface area contributed by atoms with Crippen molar-refractivity contribution in [2.45, 2.75) is 12.3 Å². The van der Waals surface area contributed by atoms with Gasteiger partial charge in [-0.25, -0.2) is 0 Å². The molecule has 0 bridgehead atoms. The minimum absolute atomic E-state index is 0.0611. The Bertz CT molecular complexity index is 406. The van der Waals surface area contributed by atoms with Crippen molar-refractivity contribution in [3.63, 3.8) is 0 Å². The molecule has 1 aromatic carbocycles. The van der Waals surface area contributed by atoms with Gasteiger partial charge >= 0.3 is 0 Å². The topological polar surface area (TPSA) is 29.1 Å². The number of halogens is 2. The van der Waals surface area contributed by atoms with Crippen molar-refractivity contribution >= 4 is 29.1 Å². The summed E-state index contributed by atoms with van der Waals surface area (Å²) >= 11 is 12.0. The number of amides is 1. The van der Waals surface area contributed by atoms with Gasteiger partial charge < -0.3 is 5.32 Å².